The van der Waals surface area contributed by atoms with Gasteiger partial charge in [0.1, 0.15) is 0 Å². The molecule has 0 aliphatic rings. The lowest BCUT2D eigenvalue weighted by Gasteiger charge is -2.19. The van der Waals surface area contributed by atoms with Gasteiger partial charge in [0.25, 0.3) is 5.91 Å². The largest absolute Gasteiger partial charge is 0.345 e. The Hall–Kier alpha value is -1.70. The molecule has 1 N–H and O–H groups in total. The lowest BCUT2D eigenvalue weighted by atomic mass is 10.1. The Balaban J connectivity index is 2.13. The molecule has 0 aliphatic carbocycles. The first-order chi connectivity index (χ1) is 12.7. The van der Waals surface area contributed by atoms with Crippen LogP contribution in [-0.2, 0) is 16.4 Å². The molecule has 2 aromatic rings. The third kappa shape index (κ3) is 4.78. The maximum atomic E-state index is 12.6. The molecule has 1 heterocycles. The summed E-state index contributed by atoms with van der Waals surface area (Å²) in [6, 6.07) is 8.45. The van der Waals surface area contributed by atoms with Crippen molar-refractivity contribution in [3.05, 3.63) is 51.2 Å². The van der Waals surface area contributed by atoms with Gasteiger partial charge in [0.2, 0.25) is 10.0 Å². The highest BCUT2D eigenvalue weighted by Gasteiger charge is 2.22. The maximum absolute atomic E-state index is 12.6. The van der Waals surface area contributed by atoms with Crippen LogP contribution in [0.2, 0.25) is 0 Å². The molecule has 1 aromatic carbocycles. The molecule has 1 amide bonds. The standard InChI is InChI=1S/C20H28N2O3S2/c1-6-18-14(4)13-19(26-18)20(23)21-15(5)16-9-11-17(12-10-16)27(24,25)22(7-2)8-3/h9-13,15H,6-8H2,1-5H3,(H,21,23). The van der Waals surface area contributed by atoms with Gasteiger partial charge >= 0.3 is 0 Å². The van der Waals surface area contributed by atoms with Crippen molar-refractivity contribution in [2.75, 3.05) is 13.1 Å². The number of hydrogen-bond donors (Lipinski definition) is 1. The van der Waals surface area contributed by atoms with E-state index in [1.807, 2.05) is 33.8 Å². The minimum atomic E-state index is -3.47. The Bertz CT molecular complexity index is 882. The molecule has 27 heavy (non-hydrogen) atoms. The van der Waals surface area contributed by atoms with Gasteiger partial charge < -0.3 is 5.32 Å². The Morgan fingerprint density at radius 3 is 2.22 bits per heavy atom. The minimum absolute atomic E-state index is 0.102. The molecule has 7 heteroatoms. The van der Waals surface area contributed by atoms with Crippen molar-refractivity contribution in [3.8, 4) is 0 Å². The number of amides is 1. The predicted molar refractivity (Wildman–Crippen MR) is 111 cm³/mol. The zero-order valence-electron chi connectivity index (χ0n) is 16.6. The molecule has 0 saturated heterocycles. The highest BCUT2D eigenvalue weighted by Crippen LogP contribution is 2.24. The highest BCUT2D eigenvalue weighted by molar-refractivity contribution is 7.89. The molecule has 0 bridgehead atoms. The molecule has 0 saturated carbocycles. The smallest absolute Gasteiger partial charge is 0.261 e. The average Bonchev–Trinajstić information content (AvgIpc) is 3.03. The van der Waals surface area contributed by atoms with E-state index in [9.17, 15) is 13.2 Å². The van der Waals surface area contributed by atoms with Gasteiger partial charge in [-0.1, -0.05) is 32.9 Å². The van der Waals surface area contributed by atoms with Crippen LogP contribution in [0, 0.1) is 6.92 Å². The molecule has 148 valence electrons. The summed E-state index contributed by atoms with van der Waals surface area (Å²) in [4.78, 5) is 14.7. The van der Waals surface area contributed by atoms with Gasteiger partial charge in [0.05, 0.1) is 15.8 Å². The number of rotatable bonds is 8. The Kier molecular flexibility index (Phi) is 7.19. The van der Waals surface area contributed by atoms with Crippen molar-refractivity contribution in [2.24, 2.45) is 0 Å². The number of hydrogen-bond acceptors (Lipinski definition) is 4. The second-order valence-corrected chi connectivity index (χ2v) is 9.50. The number of benzene rings is 1. The summed E-state index contributed by atoms with van der Waals surface area (Å²) in [5.74, 6) is -0.102. The summed E-state index contributed by atoms with van der Waals surface area (Å²) in [7, 11) is -3.47. The second kappa shape index (κ2) is 8.99. The summed E-state index contributed by atoms with van der Waals surface area (Å²) in [6.07, 6.45) is 0.918. The second-order valence-electron chi connectivity index (χ2n) is 6.42. The molecular weight excluding hydrogens is 380 g/mol. The fourth-order valence-corrected chi connectivity index (χ4v) is 5.45. The summed E-state index contributed by atoms with van der Waals surface area (Å²) in [6.45, 7) is 10.5. The number of nitrogens with one attached hydrogen (secondary N) is 1. The molecule has 5 nitrogen and oxygen atoms in total. The van der Waals surface area contributed by atoms with E-state index in [1.165, 1.54) is 20.5 Å². The predicted octanol–water partition coefficient (Wildman–Crippen LogP) is 4.14. The fraction of sp³-hybridized carbons (Fsp3) is 0.450. The van der Waals surface area contributed by atoms with Crippen LogP contribution in [0.1, 0.15) is 59.4 Å². The summed E-state index contributed by atoms with van der Waals surface area (Å²) < 4.78 is 26.5. The number of carbonyl (C=O) groups is 1. The normalized spacial score (nSPS) is 13.0. The summed E-state index contributed by atoms with van der Waals surface area (Å²) in [5.41, 5.74) is 2.01. The lowest BCUT2D eigenvalue weighted by molar-refractivity contribution is 0.0944. The first-order valence-corrected chi connectivity index (χ1v) is 11.5. The molecule has 2 rings (SSSR count). The van der Waals surface area contributed by atoms with E-state index < -0.39 is 10.0 Å². The first-order valence-electron chi connectivity index (χ1n) is 9.24. The molecule has 0 radical (unpaired) electrons. The van der Waals surface area contributed by atoms with Crippen molar-refractivity contribution in [3.63, 3.8) is 0 Å². The van der Waals surface area contributed by atoms with Gasteiger partial charge in [0.15, 0.2) is 0 Å². The molecule has 1 atom stereocenters. The third-order valence-electron chi connectivity index (χ3n) is 4.64. The van der Waals surface area contributed by atoms with Gasteiger partial charge in [-0.3, -0.25) is 4.79 Å². The maximum Gasteiger partial charge on any atom is 0.261 e. The molecule has 1 aromatic heterocycles. The Morgan fingerprint density at radius 2 is 1.74 bits per heavy atom. The first kappa shape index (κ1) is 21.6. The van der Waals surface area contributed by atoms with E-state index in [-0.39, 0.29) is 16.8 Å². The number of thiophene rings is 1. The van der Waals surface area contributed by atoms with E-state index >= 15 is 0 Å². The van der Waals surface area contributed by atoms with E-state index in [4.69, 9.17) is 0 Å². The van der Waals surface area contributed by atoms with Crippen molar-refractivity contribution in [2.45, 2.75) is 52.0 Å². The van der Waals surface area contributed by atoms with Gasteiger partial charge in [-0.25, -0.2) is 8.42 Å². The molecule has 0 spiro atoms. The number of nitrogens with zero attached hydrogens (tertiary/aromatic N) is 1. The van der Waals surface area contributed by atoms with Crippen LogP contribution in [0.25, 0.3) is 0 Å². The van der Waals surface area contributed by atoms with Crippen molar-refractivity contribution >= 4 is 27.3 Å². The molecule has 0 aliphatic heterocycles. The fourth-order valence-electron chi connectivity index (χ4n) is 2.97. The van der Waals surface area contributed by atoms with Gasteiger partial charge in [-0.05, 0) is 49.6 Å². The third-order valence-corrected chi connectivity index (χ3v) is 8.08. The SMILES string of the molecule is CCc1sc(C(=O)NC(C)c2ccc(S(=O)(=O)N(CC)CC)cc2)cc1C. The van der Waals surface area contributed by atoms with Crippen LogP contribution in [0.5, 0.6) is 0 Å². The van der Waals surface area contributed by atoms with Crippen molar-refractivity contribution < 1.29 is 13.2 Å². The zero-order chi connectivity index (χ0) is 20.2. The number of aryl methyl sites for hydroxylation is 2. The van der Waals surface area contributed by atoms with Crippen molar-refractivity contribution in [1.82, 2.24) is 9.62 Å². The van der Waals surface area contributed by atoms with Crippen LogP contribution in [0.3, 0.4) is 0 Å². The minimum Gasteiger partial charge on any atom is -0.345 e. The summed E-state index contributed by atoms with van der Waals surface area (Å²) in [5, 5.41) is 2.99. The molecule has 0 fully saturated rings. The van der Waals surface area contributed by atoms with Crippen LogP contribution >= 0.6 is 11.3 Å². The van der Waals surface area contributed by atoms with E-state index in [0.717, 1.165) is 17.5 Å². The van der Waals surface area contributed by atoms with E-state index in [2.05, 4.69) is 12.2 Å². The van der Waals surface area contributed by atoms with E-state index in [0.29, 0.717) is 18.0 Å². The van der Waals surface area contributed by atoms with E-state index in [1.54, 1.807) is 24.3 Å². The molecule has 1 unspecified atom stereocenters. The summed E-state index contributed by atoms with van der Waals surface area (Å²) >= 11 is 1.52. The Labute approximate surface area is 166 Å². The lowest BCUT2D eigenvalue weighted by Crippen LogP contribution is -2.30. The van der Waals surface area contributed by atoms with Crippen LogP contribution in [0.4, 0.5) is 0 Å². The Morgan fingerprint density at radius 1 is 1.15 bits per heavy atom. The quantitative estimate of drug-likeness (QED) is 0.714. The topological polar surface area (TPSA) is 66.5 Å². The monoisotopic (exact) mass is 408 g/mol. The van der Waals surface area contributed by atoms with Crippen molar-refractivity contribution in [1.29, 1.82) is 0 Å². The van der Waals surface area contributed by atoms with Crippen LogP contribution in [0.15, 0.2) is 35.2 Å². The average molecular weight is 409 g/mol. The molecular formula is C20H28N2O3S2. The van der Waals surface area contributed by atoms with Gasteiger partial charge in [-0.15, -0.1) is 11.3 Å². The zero-order valence-corrected chi connectivity index (χ0v) is 18.2. The van der Waals surface area contributed by atoms with Gasteiger partial charge in [-0.2, -0.15) is 4.31 Å². The number of carbonyl (C=O) groups excluding carboxylic acids is 1. The number of sulfonamides is 1. The van der Waals surface area contributed by atoms with Gasteiger partial charge in [0, 0.05) is 18.0 Å². The highest BCUT2D eigenvalue weighted by atomic mass is 32.2. The van der Waals surface area contributed by atoms with Crippen LogP contribution < -0.4 is 5.32 Å². The van der Waals surface area contributed by atoms with Crippen LogP contribution in [-0.4, -0.2) is 31.7 Å².